The standard InChI is InChI=1S/C10H19ClN2O3/c1-10(2,3)16-9(15)13-6-4-5-12-8(14)7-11/h4-7H2,1-3H3,(H,12,14)(H,13,15). The van der Waals surface area contributed by atoms with Crippen molar-refractivity contribution in [2.75, 3.05) is 19.0 Å². The van der Waals surface area contributed by atoms with Crippen LogP contribution in [0.1, 0.15) is 27.2 Å². The fourth-order valence-corrected chi connectivity index (χ4v) is 0.963. The number of carbonyl (C=O) groups is 2. The molecule has 94 valence electrons. The average Bonchev–Trinajstić information content (AvgIpc) is 2.14. The number of hydrogen-bond donors (Lipinski definition) is 2. The van der Waals surface area contributed by atoms with Crippen LogP contribution in [0.5, 0.6) is 0 Å². The van der Waals surface area contributed by atoms with Crippen molar-refractivity contribution in [2.24, 2.45) is 0 Å². The second-order valence-corrected chi connectivity index (χ2v) is 4.53. The van der Waals surface area contributed by atoms with E-state index in [0.29, 0.717) is 19.5 Å². The molecule has 0 aromatic rings. The van der Waals surface area contributed by atoms with Crippen molar-refractivity contribution in [1.82, 2.24) is 10.6 Å². The highest BCUT2D eigenvalue weighted by atomic mass is 35.5. The second kappa shape index (κ2) is 7.33. The summed E-state index contributed by atoms with van der Waals surface area (Å²) in [6.45, 7) is 6.34. The van der Waals surface area contributed by atoms with Gasteiger partial charge >= 0.3 is 6.09 Å². The number of ether oxygens (including phenoxy) is 1. The molecule has 0 aliphatic rings. The van der Waals surface area contributed by atoms with Crippen LogP contribution in [-0.4, -0.2) is 36.6 Å². The van der Waals surface area contributed by atoms with Gasteiger partial charge in [0.1, 0.15) is 11.5 Å². The number of nitrogens with one attached hydrogen (secondary N) is 2. The summed E-state index contributed by atoms with van der Waals surface area (Å²) in [6, 6.07) is 0. The molecule has 5 nitrogen and oxygen atoms in total. The third-order valence-electron chi connectivity index (χ3n) is 1.47. The average molecular weight is 251 g/mol. The number of alkyl carbamates (subject to hydrolysis) is 1. The lowest BCUT2D eigenvalue weighted by molar-refractivity contribution is -0.118. The molecule has 0 saturated carbocycles. The Labute approximate surface area is 101 Å². The third kappa shape index (κ3) is 9.58. The molecule has 0 aliphatic carbocycles. The smallest absolute Gasteiger partial charge is 0.407 e. The molecule has 0 aliphatic heterocycles. The van der Waals surface area contributed by atoms with Crippen LogP contribution < -0.4 is 10.6 Å². The number of rotatable bonds is 5. The Morgan fingerprint density at radius 2 is 1.75 bits per heavy atom. The van der Waals surface area contributed by atoms with E-state index in [4.69, 9.17) is 16.3 Å². The summed E-state index contributed by atoms with van der Waals surface area (Å²) in [6.07, 6.45) is 0.193. The Hall–Kier alpha value is -0.970. The molecule has 0 bridgehead atoms. The summed E-state index contributed by atoms with van der Waals surface area (Å²) in [5.74, 6) is -0.251. The van der Waals surface area contributed by atoms with Crippen molar-refractivity contribution in [3.05, 3.63) is 0 Å². The highest BCUT2D eigenvalue weighted by Gasteiger charge is 2.15. The molecule has 2 N–H and O–H groups in total. The number of alkyl halides is 1. The molecule has 0 rings (SSSR count). The maximum Gasteiger partial charge on any atom is 0.407 e. The van der Waals surface area contributed by atoms with Gasteiger partial charge in [0.05, 0.1) is 0 Å². The van der Waals surface area contributed by atoms with Crippen molar-refractivity contribution in [2.45, 2.75) is 32.8 Å². The van der Waals surface area contributed by atoms with Crippen LogP contribution in [-0.2, 0) is 9.53 Å². The second-order valence-electron chi connectivity index (χ2n) is 4.27. The van der Waals surface area contributed by atoms with Crippen LogP contribution in [0.4, 0.5) is 4.79 Å². The van der Waals surface area contributed by atoms with Gasteiger partial charge in [-0.1, -0.05) is 0 Å². The fourth-order valence-electron chi connectivity index (χ4n) is 0.868. The zero-order valence-electron chi connectivity index (χ0n) is 9.93. The van der Waals surface area contributed by atoms with E-state index in [1.165, 1.54) is 0 Å². The van der Waals surface area contributed by atoms with E-state index in [0.717, 1.165) is 0 Å². The Bertz CT molecular complexity index is 239. The van der Waals surface area contributed by atoms with Gasteiger partial charge in [0.25, 0.3) is 0 Å². The van der Waals surface area contributed by atoms with Gasteiger partial charge in [-0.25, -0.2) is 4.79 Å². The lowest BCUT2D eigenvalue weighted by Gasteiger charge is -2.19. The zero-order chi connectivity index (χ0) is 12.6. The molecule has 6 heteroatoms. The molecule has 0 aromatic heterocycles. The van der Waals surface area contributed by atoms with Crippen LogP contribution in [0.15, 0.2) is 0 Å². The van der Waals surface area contributed by atoms with Gasteiger partial charge in [-0.2, -0.15) is 0 Å². The van der Waals surface area contributed by atoms with Gasteiger partial charge in [-0.3, -0.25) is 4.79 Å². The first-order chi connectivity index (χ1) is 7.35. The molecule has 0 unspecified atom stereocenters. The SMILES string of the molecule is CC(C)(C)OC(=O)NCCCNC(=O)CCl. The van der Waals surface area contributed by atoms with E-state index in [1.54, 1.807) is 20.8 Å². The molecule has 0 atom stereocenters. The number of amides is 2. The Morgan fingerprint density at radius 3 is 2.25 bits per heavy atom. The molecule has 16 heavy (non-hydrogen) atoms. The molecular weight excluding hydrogens is 232 g/mol. The molecule has 0 heterocycles. The first-order valence-corrected chi connectivity index (χ1v) is 5.68. The summed E-state index contributed by atoms with van der Waals surface area (Å²) < 4.78 is 5.03. The predicted molar refractivity (Wildman–Crippen MR) is 62.6 cm³/mol. The largest absolute Gasteiger partial charge is 0.444 e. The van der Waals surface area contributed by atoms with E-state index >= 15 is 0 Å². The molecule has 0 spiro atoms. The van der Waals surface area contributed by atoms with Crippen LogP contribution in [0.25, 0.3) is 0 Å². The van der Waals surface area contributed by atoms with E-state index in [9.17, 15) is 9.59 Å². The first-order valence-electron chi connectivity index (χ1n) is 5.14. The molecule has 0 radical (unpaired) electrons. The Kier molecular flexibility index (Phi) is 6.88. The highest BCUT2D eigenvalue weighted by Crippen LogP contribution is 2.06. The summed E-state index contributed by atoms with van der Waals surface area (Å²) >= 11 is 5.29. The molecular formula is C10H19ClN2O3. The van der Waals surface area contributed by atoms with Gasteiger partial charge in [-0.15, -0.1) is 11.6 Å². The quantitative estimate of drug-likeness (QED) is 0.570. The van der Waals surface area contributed by atoms with Gasteiger partial charge in [0, 0.05) is 13.1 Å². The summed E-state index contributed by atoms with van der Waals surface area (Å²) in [5, 5.41) is 5.18. The third-order valence-corrected chi connectivity index (χ3v) is 1.71. The minimum atomic E-state index is -0.489. The number of carbonyl (C=O) groups excluding carboxylic acids is 2. The lowest BCUT2D eigenvalue weighted by atomic mass is 10.2. The van der Waals surface area contributed by atoms with Crippen LogP contribution in [0, 0.1) is 0 Å². The minimum Gasteiger partial charge on any atom is -0.444 e. The van der Waals surface area contributed by atoms with Crippen LogP contribution in [0.2, 0.25) is 0 Å². The minimum absolute atomic E-state index is 0.0422. The van der Waals surface area contributed by atoms with Crippen molar-refractivity contribution in [3.8, 4) is 0 Å². The van der Waals surface area contributed by atoms with E-state index in [-0.39, 0.29) is 11.8 Å². The molecule has 0 fully saturated rings. The van der Waals surface area contributed by atoms with Gasteiger partial charge in [0.2, 0.25) is 5.91 Å². The van der Waals surface area contributed by atoms with Crippen LogP contribution >= 0.6 is 11.6 Å². The van der Waals surface area contributed by atoms with Crippen LogP contribution in [0.3, 0.4) is 0 Å². The van der Waals surface area contributed by atoms with E-state index in [2.05, 4.69) is 10.6 Å². The topological polar surface area (TPSA) is 67.4 Å². The van der Waals surface area contributed by atoms with Gasteiger partial charge in [-0.05, 0) is 27.2 Å². The Balaban J connectivity index is 3.45. The van der Waals surface area contributed by atoms with Crippen molar-refractivity contribution in [3.63, 3.8) is 0 Å². The van der Waals surface area contributed by atoms with E-state index in [1.807, 2.05) is 0 Å². The monoisotopic (exact) mass is 250 g/mol. The number of halogens is 1. The lowest BCUT2D eigenvalue weighted by Crippen LogP contribution is -2.34. The maximum absolute atomic E-state index is 11.2. The highest BCUT2D eigenvalue weighted by molar-refractivity contribution is 6.27. The molecule has 0 saturated heterocycles. The summed E-state index contributed by atoms with van der Waals surface area (Å²) in [7, 11) is 0. The van der Waals surface area contributed by atoms with E-state index < -0.39 is 11.7 Å². The molecule has 2 amide bonds. The van der Waals surface area contributed by atoms with Crippen molar-refractivity contribution < 1.29 is 14.3 Å². The molecule has 0 aromatic carbocycles. The first kappa shape index (κ1) is 15.0. The van der Waals surface area contributed by atoms with Gasteiger partial charge < -0.3 is 15.4 Å². The summed E-state index contributed by atoms with van der Waals surface area (Å²) in [5.41, 5.74) is -0.489. The van der Waals surface area contributed by atoms with Gasteiger partial charge in [0.15, 0.2) is 0 Å². The Morgan fingerprint density at radius 1 is 1.19 bits per heavy atom. The van der Waals surface area contributed by atoms with Crippen molar-refractivity contribution >= 4 is 23.6 Å². The number of hydrogen-bond acceptors (Lipinski definition) is 3. The fraction of sp³-hybridized carbons (Fsp3) is 0.800. The predicted octanol–water partition coefficient (Wildman–Crippen LogP) is 1.26. The normalized spacial score (nSPS) is 10.8. The maximum atomic E-state index is 11.2. The zero-order valence-corrected chi connectivity index (χ0v) is 10.7. The van der Waals surface area contributed by atoms with Crippen molar-refractivity contribution in [1.29, 1.82) is 0 Å². The summed E-state index contributed by atoms with van der Waals surface area (Å²) in [4.78, 5) is 21.9.